The van der Waals surface area contributed by atoms with Gasteiger partial charge in [-0.3, -0.25) is 0 Å². The Morgan fingerprint density at radius 2 is 1.85 bits per heavy atom. The average Bonchev–Trinajstić information content (AvgIpc) is 2.34. The first kappa shape index (κ1) is 17.5. The van der Waals surface area contributed by atoms with E-state index < -0.39 is 26.7 Å². The molecule has 0 aliphatic heterocycles. The smallest absolute Gasteiger partial charge is 0.207 e. The van der Waals surface area contributed by atoms with Gasteiger partial charge in [-0.25, -0.2) is 12.7 Å². The van der Waals surface area contributed by atoms with E-state index >= 15 is 0 Å². The lowest BCUT2D eigenvalue weighted by molar-refractivity contribution is -0.139. The number of nitrogens with zero attached hydrogens (tertiary/aromatic N) is 1. The molecule has 0 saturated carbocycles. The van der Waals surface area contributed by atoms with Crippen molar-refractivity contribution < 1.29 is 21.6 Å². The van der Waals surface area contributed by atoms with Crippen LogP contribution in [0, 0.1) is 0 Å². The first-order chi connectivity index (χ1) is 9.06. The number of hydrogen-bond acceptors (Lipinski definition) is 2. The van der Waals surface area contributed by atoms with Crippen LogP contribution in [-0.4, -0.2) is 31.1 Å². The molecule has 0 aliphatic rings. The molecule has 0 saturated heterocycles. The number of rotatable bonds is 5. The van der Waals surface area contributed by atoms with Crippen LogP contribution in [0.3, 0.4) is 0 Å². The molecule has 0 heterocycles. The van der Waals surface area contributed by atoms with Crippen LogP contribution in [0.1, 0.15) is 18.9 Å². The normalized spacial score (nSPS) is 14.6. The van der Waals surface area contributed by atoms with Gasteiger partial charge in [0.1, 0.15) is 0 Å². The molecule has 0 bridgehead atoms. The molecule has 0 aliphatic carbocycles. The summed E-state index contributed by atoms with van der Waals surface area (Å²) in [5.74, 6) is 0. The van der Waals surface area contributed by atoms with Gasteiger partial charge in [0.2, 0.25) is 10.0 Å². The summed E-state index contributed by atoms with van der Waals surface area (Å²) in [4.78, 5) is -0.629. The van der Waals surface area contributed by atoms with Crippen molar-refractivity contribution in [2.75, 3.05) is 13.6 Å². The molecule has 114 valence electrons. The molecule has 0 radical (unpaired) electrons. The fourth-order valence-corrected chi connectivity index (χ4v) is 3.17. The Bertz CT molecular complexity index is 558. The second kappa shape index (κ2) is 6.44. The number of alkyl halides is 4. The molecular formula is C12H15BrF3NO2S. The topological polar surface area (TPSA) is 37.4 Å². The second-order valence-corrected chi connectivity index (χ2v) is 7.97. The zero-order chi connectivity index (χ0) is 15.6. The Kier molecular flexibility index (Phi) is 5.62. The van der Waals surface area contributed by atoms with Gasteiger partial charge in [0, 0.05) is 18.4 Å². The summed E-state index contributed by atoms with van der Waals surface area (Å²) < 4.78 is 64.0. The van der Waals surface area contributed by atoms with Crippen molar-refractivity contribution in [3.8, 4) is 0 Å². The Balaban J connectivity index is 3.16. The summed E-state index contributed by atoms with van der Waals surface area (Å²) in [5, 5.41) is 0. The molecule has 8 heteroatoms. The van der Waals surface area contributed by atoms with Crippen molar-refractivity contribution >= 4 is 26.0 Å². The molecule has 1 aromatic rings. The third kappa shape index (κ3) is 4.20. The minimum atomic E-state index is -4.70. The van der Waals surface area contributed by atoms with E-state index in [4.69, 9.17) is 0 Å². The van der Waals surface area contributed by atoms with Crippen molar-refractivity contribution in [2.45, 2.75) is 29.2 Å². The van der Waals surface area contributed by atoms with E-state index in [9.17, 15) is 21.6 Å². The third-order valence-electron chi connectivity index (χ3n) is 2.72. The van der Waals surface area contributed by atoms with Gasteiger partial charge in [-0.1, -0.05) is 35.0 Å². The van der Waals surface area contributed by atoms with Crippen LogP contribution < -0.4 is 0 Å². The first-order valence-corrected chi connectivity index (χ1v) is 8.19. The Morgan fingerprint density at radius 1 is 1.30 bits per heavy atom. The lowest BCUT2D eigenvalue weighted by atomic mass is 10.2. The largest absolute Gasteiger partial charge is 0.417 e. The fraction of sp³-hybridized carbons (Fsp3) is 0.500. The van der Waals surface area contributed by atoms with Crippen molar-refractivity contribution in [3.05, 3.63) is 29.8 Å². The Morgan fingerprint density at radius 3 is 2.35 bits per heavy atom. The second-order valence-electron chi connectivity index (χ2n) is 4.39. The molecule has 3 nitrogen and oxygen atoms in total. The van der Waals surface area contributed by atoms with Gasteiger partial charge in [-0.15, -0.1) is 0 Å². The molecule has 0 spiro atoms. The molecule has 20 heavy (non-hydrogen) atoms. The lowest BCUT2D eigenvalue weighted by Crippen LogP contribution is -2.30. The number of hydrogen-bond donors (Lipinski definition) is 0. The quantitative estimate of drug-likeness (QED) is 0.740. The van der Waals surface area contributed by atoms with E-state index in [0.717, 1.165) is 16.4 Å². The highest BCUT2D eigenvalue weighted by Crippen LogP contribution is 2.34. The summed E-state index contributed by atoms with van der Waals surface area (Å²) in [5.41, 5.74) is -1.14. The monoisotopic (exact) mass is 373 g/mol. The van der Waals surface area contributed by atoms with Gasteiger partial charge in [0.15, 0.2) is 0 Å². The van der Waals surface area contributed by atoms with Gasteiger partial charge in [-0.05, 0) is 18.6 Å². The number of benzene rings is 1. The summed E-state index contributed by atoms with van der Waals surface area (Å²) in [6, 6.07) is 4.20. The highest BCUT2D eigenvalue weighted by molar-refractivity contribution is 9.09. The molecule has 1 rings (SSSR count). The fourth-order valence-electron chi connectivity index (χ4n) is 1.57. The molecule has 0 N–H and O–H groups in total. The van der Waals surface area contributed by atoms with Crippen molar-refractivity contribution in [2.24, 2.45) is 0 Å². The molecule has 1 atom stereocenters. The van der Waals surface area contributed by atoms with Crippen LogP contribution in [0.4, 0.5) is 13.2 Å². The Labute approximate surface area is 125 Å². The van der Waals surface area contributed by atoms with Crippen LogP contribution in [0.15, 0.2) is 29.2 Å². The van der Waals surface area contributed by atoms with Crippen molar-refractivity contribution in [1.29, 1.82) is 0 Å². The molecule has 1 unspecified atom stereocenters. The van der Waals surface area contributed by atoms with Crippen LogP contribution in [0.25, 0.3) is 0 Å². The molecule has 0 amide bonds. The van der Waals surface area contributed by atoms with Gasteiger partial charge in [-0.2, -0.15) is 13.2 Å². The number of halogens is 4. The highest BCUT2D eigenvalue weighted by atomic mass is 79.9. The molecular weight excluding hydrogens is 359 g/mol. The summed E-state index contributed by atoms with van der Waals surface area (Å²) in [6.45, 7) is 1.98. The Hall–Kier alpha value is -0.600. The first-order valence-electron chi connectivity index (χ1n) is 5.83. The van der Waals surface area contributed by atoms with Crippen LogP contribution in [0.5, 0.6) is 0 Å². The summed E-state index contributed by atoms with van der Waals surface area (Å²) in [7, 11) is -2.88. The number of sulfonamides is 1. The SMILES string of the molecule is CC(Br)CCN(C)S(=O)(=O)c1ccccc1C(F)(F)F. The molecule has 0 aromatic heterocycles. The van der Waals surface area contributed by atoms with Gasteiger partial charge in [0.25, 0.3) is 0 Å². The lowest BCUT2D eigenvalue weighted by Gasteiger charge is -2.20. The van der Waals surface area contributed by atoms with Crippen LogP contribution in [-0.2, 0) is 16.2 Å². The predicted octanol–water partition coefficient (Wildman–Crippen LogP) is 3.50. The van der Waals surface area contributed by atoms with Crippen molar-refractivity contribution in [3.63, 3.8) is 0 Å². The predicted molar refractivity (Wildman–Crippen MR) is 74.3 cm³/mol. The zero-order valence-electron chi connectivity index (χ0n) is 11.0. The maximum Gasteiger partial charge on any atom is 0.417 e. The molecule has 1 aromatic carbocycles. The average molecular weight is 374 g/mol. The summed E-state index contributed by atoms with van der Waals surface area (Å²) >= 11 is 3.27. The highest BCUT2D eigenvalue weighted by Gasteiger charge is 2.37. The van der Waals surface area contributed by atoms with Crippen LogP contribution in [0.2, 0.25) is 0 Å². The standard InChI is InChI=1S/C12H15BrF3NO2S/c1-9(13)7-8-17(2)20(18,19)11-6-4-3-5-10(11)12(14,15)16/h3-6,9H,7-8H2,1-2H3. The van der Waals surface area contributed by atoms with Gasteiger partial charge < -0.3 is 0 Å². The van der Waals surface area contributed by atoms with Crippen molar-refractivity contribution in [1.82, 2.24) is 4.31 Å². The van der Waals surface area contributed by atoms with Crippen LogP contribution >= 0.6 is 15.9 Å². The van der Waals surface area contributed by atoms with Gasteiger partial charge in [0.05, 0.1) is 10.5 Å². The van der Waals surface area contributed by atoms with E-state index in [2.05, 4.69) is 15.9 Å². The van der Waals surface area contributed by atoms with E-state index in [-0.39, 0.29) is 11.4 Å². The van der Waals surface area contributed by atoms with E-state index in [0.29, 0.717) is 6.42 Å². The van der Waals surface area contributed by atoms with E-state index in [1.807, 2.05) is 6.92 Å². The minimum absolute atomic E-state index is 0.0815. The zero-order valence-corrected chi connectivity index (χ0v) is 13.4. The maximum absolute atomic E-state index is 12.9. The molecule has 0 fully saturated rings. The van der Waals surface area contributed by atoms with E-state index in [1.165, 1.54) is 19.2 Å². The van der Waals surface area contributed by atoms with E-state index in [1.54, 1.807) is 0 Å². The minimum Gasteiger partial charge on any atom is -0.207 e. The maximum atomic E-state index is 12.9. The third-order valence-corrected chi connectivity index (χ3v) is 5.10. The summed E-state index contributed by atoms with van der Waals surface area (Å²) in [6.07, 6.45) is -4.20. The van der Waals surface area contributed by atoms with Gasteiger partial charge >= 0.3 is 6.18 Å².